The Balaban J connectivity index is -0.0000000171. The fourth-order valence-corrected chi connectivity index (χ4v) is 0. The van der Waals surface area contributed by atoms with Gasteiger partial charge in [0.15, 0.2) is 0 Å². The van der Waals surface area contributed by atoms with Crippen molar-refractivity contribution in [3.05, 3.63) is 0 Å². The van der Waals surface area contributed by atoms with Crippen LogP contribution in [0.5, 0.6) is 0 Å². The largest absolute Gasteiger partial charge is 0.870 e. The minimum Gasteiger partial charge on any atom is -0.870 e. The predicted molar refractivity (Wildman–Crippen MR) is 40.1 cm³/mol. The Morgan fingerprint density at radius 2 is 0.636 bits per heavy atom. The van der Waals surface area contributed by atoms with Crippen LogP contribution < -0.4 is 22.9 Å². The van der Waals surface area contributed by atoms with Gasteiger partial charge in [0.25, 0.3) is 0 Å². The molecule has 0 aromatic heterocycles. The number of nitrogens with two attached hydrogens (primary N) is 4. The van der Waals surface area contributed by atoms with Gasteiger partial charge in [-0.05, 0) is 0 Å². The Labute approximate surface area is 77.8 Å². The molecular formula is C4H18CuN4O2-2. The summed E-state index contributed by atoms with van der Waals surface area (Å²) >= 11 is 0. The van der Waals surface area contributed by atoms with E-state index < -0.39 is 0 Å². The molecule has 0 bridgehead atoms. The van der Waals surface area contributed by atoms with E-state index in [9.17, 15) is 0 Å². The van der Waals surface area contributed by atoms with Gasteiger partial charge in [0.1, 0.15) is 0 Å². The fraction of sp³-hybridized carbons (Fsp3) is 1.00. The first-order valence-electron chi connectivity index (χ1n) is 2.63. The summed E-state index contributed by atoms with van der Waals surface area (Å²) in [7, 11) is 0. The van der Waals surface area contributed by atoms with Crippen molar-refractivity contribution in [1.29, 1.82) is 0 Å². The van der Waals surface area contributed by atoms with Crippen molar-refractivity contribution in [2.75, 3.05) is 26.2 Å². The van der Waals surface area contributed by atoms with Gasteiger partial charge in [0.2, 0.25) is 0 Å². The Hall–Kier alpha value is 0.279. The second-order valence-electron chi connectivity index (χ2n) is 1.15. The van der Waals surface area contributed by atoms with Crippen LogP contribution in [0.25, 0.3) is 0 Å². The number of hydrogen-bond donors (Lipinski definition) is 4. The summed E-state index contributed by atoms with van der Waals surface area (Å²) in [5, 5.41) is 0. The maximum Gasteiger partial charge on any atom is 0.00461 e. The van der Waals surface area contributed by atoms with Crippen LogP contribution in [0.15, 0.2) is 0 Å². The molecule has 1 radical (unpaired) electrons. The summed E-state index contributed by atoms with van der Waals surface area (Å²) in [6.07, 6.45) is 0. The van der Waals surface area contributed by atoms with Gasteiger partial charge in [-0.25, -0.2) is 0 Å². The van der Waals surface area contributed by atoms with E-state index in [4.69, 9.17) is 22.9 Å². The molecule has 0 aliphatic rings. The van der Waals surface area contributed by atoms with Gasteiger partial charge in [-0.3, -0.25) is 0 Å². The molecule has 0 aliphatic carbocycles. The summed E-state index contributed by atoms with van der Waals surface area (Å²) in [5.41, 5.74) is 19.6. The van der Waals surface area contributed by atoms with Crippen LogP contribution in [0.2, 0.25) is 0 Å². The third-order valence-corrected chi connectivity index (χ3v) is 0.333. The van der Waals surface area contributed by atoms with Crippen molar-refractivity contribution in [1.82, 2.24) is 0 Å². The van der Waals surface area contributed by atoms with Crippen LogP contribution in [0.3, 0.4) is 0 Å². The molecule has 0 amide bonds. The molecule has 0 saturated carbocycles. The summed E-state index contributed by atoms with van der Waals surface area (Å²) < 4.78 is 0. The Bertz CT molecular complexity index is 28.1. The summed E-state index contributed by atoms with van der Waals surface area (Å²) in [5.74, 6) is 0. The van der Waals surface area contributed by atoms with Gasteiger partial charge in [0.05, 0.1) is 0 Å². The van der Waals surface area contributed by atoms with Gasteiger partial charge in [0, 0.05) is 43.2 Å². The van der Waals surface area contributed by atoms with Crippen molar-refractivity contribution in [2.24, 2.45) is 22.9 Å². The molecule has 0 atom stereocenters. The molecule has 0 aliphatic heterocycles. The molecule has 0 fully saturated rings. The maximum atomic E-state index is 4.90. The summed E-state index contributed by atoms with van der Waals surface area (Å²) in [4.78, 5) is 0. The van der Waals surface area contributed by atoms with E-state index in [0.29, 0.717) is 26.2 Å². The summed E-state index contributed by atoms with van der Waals surface area (Å²) in [6.45, 7) is 2.39. The van der Waals surface area contributed by atoms with Crippen molar-refractivity contribution in [2.45, 2.75) is 0 Å². The van der Waals surface area contributed by atoms with Gasteiger partial charge in [-0.1, -0.05) is 0 Å². The number of rotatable bonds is 2. The van der Waals surface area contributed by atoms with E-state index in [1.807, 2.05) is 0 Å². The number of hydrogen-bond acceptors (Lipinski definition) is 6. The van der Waals surface area contributed by atoms with E-state index in [1.165, 1.54) is 0 Å². The maximum absolute atomic E-state index is 4.90. The average molecular weight is 218 g/mol. The van der Waals surface area contributed by atoms with E-state index in [2.05, 4.69) is 0 Å². The third-order valence-electron chi connectivity index (χ3n) is 0.333. The molecule has 0 aromatic rings. The van der Waals surface area contributed by atoms with Crippen LogP contribution in [0.4, 0.5) is 0 Å². The molecule has 0 saturated heterocycles. The molecule has 0 rings (SSSR count). The Kier molecular flexibility index (Phi) is 133. The van der Waals surface area contributed by atoms with E-state index in [1.54, 1.807) is 0 Å². The van der Waals surface area contributed by atoms with E-state index in [0.717, 1.165) is 0 Å². The first-order valence-corrected chi connectivity index (χ1v) is 2.63. The van der Waals surface area contributed by atoms with Gasteiger partial charge >= 0.3 is 0 Å². The average Bonchev–Trinajstić information content (AvgIpc) is 1.88. The SMILES string of the molecule is NCCN.NCCN.[Cu].[OH-].[OH-]. The van der Waals surface area contributed by atoms with Crippen LogP contribution in [-0.2, 0) is 17.1 Å². The van der Waals surface area contributed by atoms with Crippen LogP contribution in [0.1, 0.15) is 0 Å². The standard InChI is InChI=1S/2C2H8N2.Cu.2H2O/c2*3-1-2-4;;;/h2*1-4H2;;2*1H2/p-2. The minimum absolute atomic E-state index is 0. The zero-order valence-corrected chi connectivity index (χ0v) is 7.28. The second-order valence-corrected chi connectivity index (χ2v) is 1.15. The first kappa shape index (κ1) is 30.2. The van der Waals surface area contributed by atoms with E-state index in [-0.39, 0.29) is 28.0 Å². The summed E-state index contributed by atoms with van der Waals surface area (Å²) in [6, 6.07) is 0. The topological polar surface area (TPSA) is 164 Å². The van der Waals surface area contributed by atoms with Gasteiger partial charge in [-0.15, -0.1) is 0 Å². The molecular weight excluding hydrogens is 200 g/mol. The van der Waals surface area contributed by atoms with Crippen molar-refractivity contribution in [3.8, 4) is 0 Å². The molecule has 7 heteroatoms. The second kappa shape index (κ2) is 48.3. The molecule has 6 nitrogen and oxygen atoms in total. The van der Waals surface area contributed by atoms with Crippen LogP contribution >= 0.6 is 0 Å². The fourth-order valence-electron chi connectivity index (χ4n) is 0. The molecule has 0 aromatic carbocycles. The normalized spacial score (nSPS) is 5.45. The molecule has 0 heterocycles. The van der Waals surface area contributed by atoms with E-state index >= 15 is 0 Å². The quantitative estimate of drug-likeness (QED) is 0.372. The monoisotopic (exact) mass is 217 g/mol. The molecule has 0 unspecified atom stereocenters. The minimum atomic E-state index is 0. The van der Waals surface area contributed by atoms with Crippen molar-refractivity contribution < 1.29 is 28.0 Å². The van der Waals surface area contributed by atoms with Gasteiger partial charge in [-0.2, -0.15) is 0 Å². The molecule has 79 valence electrons. The molecule has 0 spiro atoms. The first-order chi connectivity index (χ1) is 3.83. The van der Waals surface area contributed by atoms with Crippen molar-refractivity contribution in [3.63, 3.8) is 0 Å². The predicted octanol–water partition coefficient (Wildman–Crippen LogP) is -2.55. The van der Waals surface area contributed by atoms with Crippen molar-refractivity contribution >= 4 is 0 Å². The molecule has 10 N–H and O–H groups in total. The zero-order valence-electron chi connectivity index (χ0n) is 6.33. The molecule has 11 heavy (non-hydrogen) atoms. The van der Waals surface area contributed by atoms with Crippen LogP contribution in [0, 0.1) is 0 Å². The zero-order chi connectivity index (χ0) is 6.83. The van der Waals surface area contributed by atoms with Gasteiger partial charge < -0.3 is 33.9 Å². The Morgan fingerprint density at radius 1 is 0.545 bits per heavy atom. The smallest absolute Gasteiger partial charge is 0.00461 e. The Morgan fingerprint density at radius 3 is 0.636 bits per heavy atom. The third kappa shape index (κ3) is 136. The van der Waals surface area contributed by atoms with Crippen LogP contribution in [-0.4, -0.2) is 37.1 Å².